The topological polar surface area (TPSA) is 67.4 Å². The summed E-state index contributed by atoms with van der Waals surface area (Å²) in [6.45, 7) is -3.28. The molecule has 1 heterocycles. The molecule has 0 bridgehead atoms. The maximum atomic E-state index is 13.9. The van der Waals surface area contributed by atoms with Crippen LogP contribution in [0.4, 0.5) is 23.2 Å². The first-order valence-corrected chi connectivity index (χ1v) is 10.5. The second kappa shape index (κ2) is 9.03. The van der Waals surface area contributed by atoms with Gasteiger partial charge in [-0.25, -0.2) is 8.78 Å². The normalized spacial score (nSPS) is 14.8. The van der Waals surface area contributed by atoms with Crippen molar-refractivity contribution >= 4 is 45.0 Å². The van der Waals surface area contributed by atoms with Gasteiger partial charge in [0.2, 0.25) is 0 Å². The fraction of sp³-hybridized carbons (Fsp3) is 0.0909. The Morgan fingerprint density at radius 3 is 2.61 bits per heavy atom. The number of carbonyl (C=O) groups is 2. The molecule has 3 aromatic rings. The zero-order chi connectivity index (χ0) is 23.9. The molecule has 0 saturated carbocycles. The molecule has 0 radical (unpaired) electrons. The van der Waals surface area contributed by atoms with E-state index in [2.05, 4.69) is 31.3 Å². The number of benzene rings is 3. The van der Waals surface area contributed by atoms with Crippen LogP contribution in [0.15, 0.2) is 53.0 Å². The highest BCUT2D eigenvalue weighted by Crippen LogP contribution is 2.41. The summed E-state index contributed by atoms with van der Waals surface area (Å²) in [7, 11) is 0. The van der Waals surface area contributed by atoms with Gasteiger partial charge in [-0.3, -0.25) is 9.59 Å². The maximum Gasteiger partial charge on any atom is 0.387 e. The molecule has 0 saturated heterocycles. The van der Waals surface area contributed by atoms with Crippen molar-refractivity contribution < 1.29 is 31.9 Å². The maximum absolute atomic E-state index is 13.9. The summed E-state index contributed by atoms with van der Waals surface area (Å²) in [5.74, 6) is -3.68. The van der Waals surface area contributed by atoms with Crippen molar-refractivity contribution in [3.63, 3.8) is 0 Å². The summed E-state index contributed by atoms with van der Waals surface area (Å²) in [5.41, 5.74) is 0.823. The lowest BCUT2D eigenvalue weighted by molar-refractivity contribution is -0.0522. The third-order valence-corrected chi connectivity index (χ3v) is 5.68. The highest BCUT2D eigenvalue weighted by molar-refractivity contribution is 9.10. The summed E-state index contributed by atoms with van der Waals surface area (Å²) in [4.78, 5) is 25.4. The van der Waals surface area contributed by atoms with Crippen molar-refractivity contribution in [1.82, 2.24) is 5.32 Å². The molecule has 1 atom stereocenters. The van der Waals surface area contributed by atoms with Gasteiger partial charge in [0.15, 0.2) is 11.6 Å². The van der Waals surface area contributed by atoms with Gasteiger partial charge in [-0.2, -0.15) is 8.78 Å². The van der Waals surface area contributed by atoms with E-state index < -0.39 is 41.9 Å². The largest absolute Gasteiger partial charge is 0.432 e. The number of hydrogen-bond donors (Lipinski definition) is 2. The van der Waals surface area contributed by atoms with E-state index in [9.17, 15) is 27.2 Å². The Labute approximate surface area is 197 Å². The van der Waals surface area contributed by atoms with Crippen molar-refractivity contribution in [2.45, 2.75) is 12.7 Å². The number of fused-ring (bicyclic) bond motifs is 1. The first-order chi connectivity index (χ1) is 15.6. The summed E-state index contributed by atoms with van der Waals surface area (Å²) in [5, 5.41) is 5.49. The molecule has 170 valence electrons. The molecule has 0 fully saturated rings. The van der Waals surface area contributed by atoms with Gasteiger partial charge in [-0.05, 0) is 48.5 Å². The van der Waals surface area contributed by atoms with Crippen LogP contribution in [0.2, 0.25) is 5.02 Å². The minimum Gasteiger partial charge on any atom is -0.432 e. The van der Waals surface area contributed by atoms with Gasteiger partial charge in [0, 0.05) is 37.4 Å². The number of amides is 2. The van der Waals surface area contributed by atoms with E-state index in [0.717, 1.165) is 18.2 Å². The molecule has 1 unspecified atom stereocenters. The minimum absolute atomic E-state index is 0.168. The van der Waals surface area contributed by atoms with Crippen LogP contribution in [0.25, 0.3) is 0 Å². The number of rotatable bonds is 5. The van der Waals surface area contributed by atoms with Crippen LogP contribution in [0.5, 0.6) is 5.75 Å². The predicted molar refractivity (Wildman–Crippen MR) is 116 cm³/mol. The SMILES string of the molecule is O=C(Nc1cc(Br)cc2c1C(c1cc(F)ccc1Cl)NC2=O)c1ccc(F)c(OC(F)F)c1. The number of carbonyl (C=O) groups excluding carboxylic acids is 2. The second-order valence-corrected chi connectivity index (χ2v) is 8.29. The summed E-state index contributed by atoms with van der Waals surface area (Å²) >= 11 is 9.49. The standard InChI is InChI=1S/C22H12BrClF4N2O3/c23-10-6-13-18(19(30-21(13)32)12-8-11(25)2-3-14(12)24)16(7-10)29-20(31)9-1-4-15(26)17(5-9)33-22(27)28/h1-8,19,22H,(H,29,31)(H,30,32). The van der Waals surface area contributed by atoms with Crippen LogP contribution < -0.4 is 15.4 Å². The molecule has 5 nitrogen and oxygen atoms in total. The molecule has 33 heavy (non-hydrogen) atoms. The highest BCUT2D eigenvalue weighted by atomic mass is 79.9. The van der Waals surface area contributed by atoms with Gasteiger partial charge in [0.25, 0.3) is 11.8 Å². The van der Waals surface area contributed by atoms with E-state index in [1.807, 2.05) is 0 Å². The van der Waals surface area contributed by atoms with E-state index in [1.165, 1.54) is 30.3 Å². The zero-order valence-electron chi connectivity index (χ0n) is 16.3. The third kappa shape index (κ3) is 4.67. The molecular formula is C22H12BrClF4N2O3. The van der Waals surface area contributed by atoms with Crippen molar-refractivity contribution in [1.29, 1.82) is 0 Å². The highest BCUT2D eigenvalue weighted by Gasteiger charge is 2.34. The number of alkyl halides is 2. The lowest BCUT2D eigenvalue weighted by atomic mass is 9.96. The molecule has 1 aliphatic rings. The van der Waals surface area contributed by atoms with Crippen LogP contribution >= 0.6 is 27.5 Å². The number of anilines is 1. The van der Waals surface area contributed by atoms with Gasteiger partial charge in [0.1, 0.15) is 5.82 Å². The van der Waals surface area contributed by atoms with Crippen molar-refractivity contribution in [3.05, 3.63) is 91.9 Å². The number of hydrogen-bond acceptors (Lipinski definition) is 3. The van der Waals surface area contributed by atoms with Crippen LogP contribution in [-0.2, 0) is 0 Å². The van der Waals surface area contributed by atoms with Gasteiger partial charge in [-0.15, -0.1) is 0 Å². The summed E-state index contributed by atoms with van der Waals surface area (Å²) in [6.07, 6.45) is 0. The molecular weight excluding hydrogens is 532 g/mol. The van der Waals surface area contributed by atoms with Gasteiger partial charge in [-0.1, -0.05) is 27.5 Å². The van der Waals surface area contributed by atoms with Crippen molar-refractivity contribution in [2.75, 3.05) is 5.32 Å². The smallest absolute Gasteiger partial charge is 0.387 e. The van der Waals surface area contributed by atoms with Crippen LogP contribution in [0, 0.1) is 11.6 Å². The molecule has 3 aromatic carbocycles. The lowest BCUT2D eigenvalue weighted by Crippen LogP contribution is -2.21. The first-order valence-electron chi connectivity index (χ1n) is 9.29. The van der Waals surface area contributed by atoms with E-state index >= 15 is 0 Å². The van der Waals surface area contributed by atoms with E-state index in [-0.39, 0.29) is 27.4 Å². The van der Waals surface area contributed by atoms with Crippen LogP contribution in [0.3, 0.4) is 0 Å². The summed E-state index contributed by atoms with van der Waals surface area (Å²) in [6, 6.07) is 8.59. The molecule has 0 aliphatic carbocycles. The van der Waals surface area contributed by atoms with E-state index in [4.69, 9.17) is 11.6 Å². The van der Waals surface area contributed by atoms with Crippen molar-refractivity contribution in [2.24, 2.45) is 0 Å². The minimum atomic E-state index is -3.28. The second-order valence-electron chi connectivity index (χ2n) is 6.96. The lowest BCUT2D eigenvalue weighted by Gasteiger charge is -2.18. The molecule has 11 heteroatoms. The first kappa shape index (κ1) is 23.1. The molecule has 0 aromatic heterocycles. The fourth-order valence-electron chi connectivity index (χ4n) is 3.50. The molecule has 1 aliphatic heterocycles. The van der Waals surface area contributed by atoms with Gasteiger partial charge in [0.05, 0.1) is 6.04 Å². The van der Waals surface area contributed by atoms with Crippen LogP contribution in [0.1, 0.15) is 37.9 Å². The third-order valence-electron chi connectivity index (χ3n) is 4.88. The zero-order valence-corrected chi connectivity index (χ0v) is 18.6. The summed E-state index contributed by atoms with van der Waals surface area (Å²) < 4.78 is 57.2. The van der Waals surface area contributed by atoms with E-state index in [1.54, 1.807) is 0 Å². The Bertz CT molecular complexity index is 1290. The molecule has 2 N–H and O–H groups in total. The Morgan fingerprint density at radius 1 is 1.12 bits per heavy atom. The average molecular weight is 544 g/mol. The number of halogens is 6. The molecule has 4 rings (SSSR count). The van der Waals surface area contributed by atoms with Crippen molar-refractivity contribution in [3.8, 4) is 5.75 Å². The monoisotopic (exact) mass is 542 g/mol. The average Bonchev–Trinajstić information content (AvgIpc) is 3.07. The molecule has 0 spiro atoms. The predicted octanol–water partition coefficient (Wildman–Crippen LogP) is 6.07. The number of ether oxygens (including phenoxy) is 1. The van der Waals surface area contributed by atoms with Gasteiger partial charge < -0.3 is 15.4 Å². The van der Waals surface area contributed by atoms with Gasteiger partial charge >= 0.3 is 6.61 Å². The Balaban J connectivity index is 1.75. The quantitative estimate of drug-likeness (QED) is 0.384. The van der Waals surface area contributed by atoms with E-state index in [0.29, 0.717) is 10.0 Å². The molecule has 2 amide bonds. The Kier molecular flexibility index (Phi) is 6.31. The van der Waals surface area contributed by atoms with Crippen LogP contribution in [-0.4, -0.2) is 18.4 Å². The Hall–Kier alpha value is -3.11. The fourth-order valence-corrected chi connectivity index (χ4v) is 4.18. The number of nitrogens with one attached hydrogen (secondary N) is 2. The Morgan fingerprint density at radius 2 is 1.88 bits per heavy atom.